The van der Waals surface area contributed by atoms with Crippen LogP contribution in [0.4, 0.5) is 0 Å². The third kappa shape index (κ3) is 2.56. The minimum Gasteiger partial charge on any atom is -0.493 e. The standard InChI is InChI=1S/C16H16O3S/c1-20(17,18)15-7-4-12(5-8-15)13-6-9-16-14(11-13)3-2-10-19-16/h4-9,11H,2-3,10H2,1H3. The summed E-state index contributed by atoms with van der Waals surface area (Å²) in [4.78, 5) is 0.350. The molecule has 0 saturated carbocycles. The summed E-state index contributed by atoms with van der Waals surface area (Å²) < 4.78 is 28.5. The molecular formula is C16H16O3S. The first-order valence-corrected chi connectivity index (χ1v) is 8.49. The number of fused-ring (bicyclic) bond motifs is 1. The Morgan fingerprint density at radius 3 is 2.40 bits per heavy atom. The quantitative estimate of drug-likeness (QED) is 0.853. The predicted octanol–water partition coefficient (Wildman–Crippen LogP) is 3.08. The van der Waals surface area contributed by atoms with Gasteiger partial charge in [0, 0.05) is 6.26 Å². The zero-order valence-electron chi connectivity index (χ0n) is 11.3. The second kappa shape index (κ2) is 4.94. The molecular weight excluding hydrogens is 272 g/mol. The molecule has 0 amide bonds. The highest BCUT2D eigenvalue weighted by Gasteiger charge is 2.12. The van der Waals surface area contributed by atoms with Crippen LogP contribution in [0.2, 0.25) is 0 Å². The van der Waals surface area contributed by atoms with Crippen molar-refractivity contribution < 1.29 is 13.2 Å². The zero-order chi connectivity index (χ0) is 14.2. The molecule has 0 fully saturated rings. The van der Waals surface area contributed by atoms with Crippen molar-refractivity contribution in [2.24, 2.45) is 0 Å². The number of ether oxygens (including phenoxy) is 1. The molecule has 104 valence electrons. The molecule has 4 heteroatoms. The van der Waals surface area contributed by atoms with Crippen LogP contribution in [0.15, 0.2) is 47.4 Å². The maximum atomic E-state index is 11.5. The number of hydrogen-bond acceptors (Lipinski definition) is 3. The molecule has 3 nitrogen and oxygen atoms in total. The lowest BCUT2D eigenvalue weighted by Crippen LogP contribution is -2.08. The van der Waals surface area contributed by atoms with Crippen molar-refractivity contribution in [1.82, 2.24) is 0 Å². The van der Waals surface area contributed by atoms with Gasteiger partial charge in [0.1, 0.15) is 5.75 Å². The minimum absolute atomic E-state index is 0.350. The summed E-state index contributed by atoms with van der Waals surface area (Å²) in [5.74, 6) is 0.966. The van der Waals surface area contributed by atoms with Crippen molar-refractivity contribution >= 4 is 9.84 Å². The topological polar surface area (TPSA) is 43.4 Å². The van der Waals surface area contributed by atoms with Crippen LogP contribution in [-0.2, 0) is 16.3 Å². The second-order valence-electron chi connectivity index (χ2n) is 5.07. The van der Waals surface area contributed by atoms with E-state index in [2.05, 4.69) is 6.07 Å². The van der Waals surface area contributed by atoms with E-state index < -0.39 is 9.84 Å². The van der Waals surface area contributed by atoms with Crippen LogP contribution in [0.3, 0.4) is 0 Å². The van der Waals surface area contributed by atoms with E-state index in [1.54, 1.807) is 12.1 Å². The summed E-state index contributed by atoms with van der Waals surface area (Å²) in [7, 11) is -3.14. The molecule has 0 spiro atoms. The van der Waals surface area contributed by atoms with Gasteiger partial charge in [-0.25, -0.2) is 8.42 Å². The molecule has 0 radical (unpaired) electrons. The first kappa shape index (κ1) is 13.2. The number of aryl methyl sites for hydroxylation is 1. The molecule has 0 aromatic heterocycles. The summed E-state index contributed by atoms with van der Waals surface area (Å²) in [6, 6.07) is 13.1. The lowest BCUT2D eigenvalue weighted by molar-refractivity contribution is 0.288. The molecule has 0 unspecified atom stereocenters. The highest BCUT2D eigenvalue weighted by molar-refractivity contribution is 7.90. The Bertz CT molecular complexity index is 731. The lowest BCUT2D eigenvalue weighted by Gasteiger charge is -2.18. The lowest BCUT2D eigenvalue weighted by atomic mass is 9.99. The van der Waals surface area contributed by atoms with Crippen LogP contribution in [0.25, 0.3) is 11.1 Å². The molecule has 0 atom stereocenters. The third-order valence-electron chi connectivity index (χ3n) is 3.52. The maximum absolute atomic E-state index is 11.5. The largest absolute Gasteiger partial charge is 0.493 e. The Labute approximate surface area is 119 Å². The first-order valence-electron chi connectivity index (χ1n) is 6.60. The minimum atomic E-state index is -3.14. The first-order chi connectivity index (χ1) is 9.54. The number of sulfone groups is 1. The summed E-state index contributed by atoms with van der Waals surface area (Å²) in [6.45, 7) is 0.787. The van der Waals surface area contributed by atoms with Gasteiger partial charge in [-0.1, -0.05) is 18.2 Å². The smallest absolute Gasteiger partial charge is 0.175 e. The molecule has 0 bridgehead atoms. The highest BCUT2D eigenvalue weighted by atomic mass is 32.2. The number of rotatable bonds is 2. The van der Waals surface area contributed by atoms with Gasteiger partial charge < -0.3 is 4.74 Å². The Morgan fingerprint density at radius 1 is 1.00 bits per heavy atom. The van der Waals surface area contributed by atoms with Gasteiger partial charge >= 0.3 is 0 Å². The summed E-state index contributed by atoms with van der Waals surface area (Å²) in [6.07, 6.45) is 3.30. The fourth-order valence-electron chi connectivity index (χ4n) is 2.43. The van der Waals surface area contributed by atoms with Gasteiger partial charge in [0.05, 0.1) is 11.5 Å². The second-order valence-corrected chi connectivity index (χ2v) is 7.09. The van der Waals surface area contributed by atoms with Gasteiger partial charge in [-0.05, 0) is 53.8 Å². The summed E-state index contributed by atoms with van der Waals surface area (Å²) >= 11 is 0. The SMILES string of the molecule is CS(=O)(=O)c1ccc(-c2ccc3c(c2)CCCO3)cc1. The Hall–Kier alpha value is -1.81. The van der Waals surface area contributed by atoms with Gasteiger partial charge in [0.2, 0.25) is 0 Å². The molecule has 0 saturated heterocycles. The van der Waals surface area contributed by atoms with Crippen molar-refractivity contribution in [2.45, 2.75) is 17.7 Å². The molecule has 0 aliphatic carbocycles. The monoisotopic (exact) mass is 288 g/mol. The van der Waals surface area contributed by atoms with E-state index in [1.165, 1.54) is 11.8 Å². The van der Waals surface area contributed by atoms with Crippen LogP contribution in [-0.4, -0.2) is 21.3 Å². The highest BCUT2D eigenvalue weighted by Crippen LogP contribution is 2.30. The van der Waals surface area contributed by atoms with Gasteiger partial charge in [-0.2, -0.15) is 0 Å². The average Bonchev–Trinajstić information content (AvgIpc) is 2.46. The van der Waals surface area contributed by atoms with Gasteiger partial charge in [0.15, 0.2) is 9.84 Å². The average molecular weight is 288 g/mol. The van der Waals surface area contributed by atoms with Crippen LogP contribution in [0.1, 0.15) is 12.0 Å². The van der Waals surface area contributed by atoms with Crippen molar-refractivity contribution in [1.29, 1.82) is 0 Å². The van der Waals surface area contributed by atoms with Crippen molar-refractivity contribution in [3.05, 3.63) is 48.0 Å². The van der Waals surface area contributed by atoms with E-state index in [4.69, 9.17) is 4.74 Å². The van der Waals surface area contributed by atoms with Crippen LogP contribution in [0.5, 0.6) is 5.75 Å². The van der Waals surface area contributed by atoms with Crippen molar-refractivity contribution in [3.8, 4) is 16.9 Å². The Morgan fingerprint density at radius 2 is 1.70 bits per heavy atom. The van der Waals surface area contributed by atoms with E-state index in [0.717, 1.165) is 36.3 Å². The number of hydrogen-bond donors (Lipinski definition) is 0. The molecule has 20 heavy (non-hydrogen) atoms. The van der Waals surface area contributed by atoms with E-state index in [0.29, 0.717) is 4.90 Å². The maximum Gasteiger partial charge on any atom is 0.175 e. The molecule has 1 heterocycles. The summed E-state index contributed by atoms with van der Waals surface area (Å²) in [5, 5.41) is 0. The van der Waals surface area contributed by atoms with Crippen LogP contribution in [0, 0.1) is 0 Å². The van der Waals surface area contributed by atoms with E-state index in [9.17, 15) is 8.42 Å². The predicted molar refractivity (Wildman–Crippen MR) is 78.8 cm³/mol. The Balaban J connectivity index is 1.97. The van der Waals surface area contributed by atoms with E-state index in [-0.39, 0.29) is 0 Å². The van der Waals surface area contributed by atoms with Crippen molar-refractivity contribution in [2.75, 3.05) is 12.9 Å². The molecule has 1 aliphatic rings. The fourth-order valence-corrected chi connectivity index (χ4v) is 3.06. The number of benzene rings is 2. The third-order valence-corrected chi connectivity index (χ3v) is 4.65. The molecule has 3 rings (SSSR count). The molecule has 2 aromatic rings. The van der Waals surface area contributed by atoms with Gasteiger partial charge in [0.25, 0.3) is 0 Å². The Kier molecular flexibility index (Phi) is 3.26. The van der Waals surface area contributed by atoms with Gasteiger partial charge in [-0.3, -0.25) is 0 Å². The molecule has 0 N–H and O–H groups in total. The van der Waals surface area contributed by atoms with E-state index in [1.807, 2.05) is 24.3 Å². The van der Waals surface area contributed by atoms with E-state index >= 15 is 0 Å². The zero-order valence-corrected chi connectivity index (χ0v) is 12.1. The molecule has 2 aromatic carbocycles. The normalized spacial score (nSPS) is 14.4. The fraction of sp³-hybridized carbons (Fsp3) is 0.250. The van der Waals surface area contributed by atoms with Crippen molar-refractivity contribution in [3.63, 3.8) is 0 Å². The molecule has 1 aliphatic heterocycles. The van der Waals surface area contributed by atoms with Crippen LogP contribution < -0.4 is 4.74 Å². The van der Waals surface area contributed by atoms with Crippen LogP contribution >= 0.6 is 0 Å². The van der Waals surface area contributed by atoms with Gasteiger partial charge in [-0.15, -0.1) is 0 Å². The summed E-state index contributed by atoms with van der Waals surface area (Å²) in [5.41, 5.74) is 3.33.